The molecule has 0 aliphatic carbocycles. The van der Waals surface area contributed by atoms with Crippen LogP contribution in [0.4, 0.5) is 27.9 Å². The van der Waals surface area contributed by atoms with Crippen molar-refractivity contribution in [3.63, 3.8) is 0 Å². The number of nitrogens with one attached hydrogen (secondary N) is 3. The number of thiazole rings is 1. The van der Waals surface area contributed by atoms with E-state index in [2.05, 4.69) is 25.6 Å². The van der Waals surface area contributed by atoms with Crippen LogP contribution < -0.4 is 10.6 Å². The van der Waals surface area contributed by atoms with Crippen molar-refractivity contribution in [1.82, 2.24) is 20.3 Å². The number of H-pyrrole nitrogens is 1. The van der Waals surface area contributed by atoms with Crippen molar-refractivity contribution in [1.29, 1.82) is 0 Å². The zero-order valence-corrected chi connectivity index (χ0v) is 17.6. The Balaban J connectivity index is 0.000000383. The Kier molecular flexibility index (Phi) is 7.58. The second-order valence-corrected chi connectivity index (χ2v) is 8.11. The Morgan fingerprint density at radius 2 is 1.91 bits per heavy atom. The number of anilines is 1. The van der Waals surface area contributed by atoms with Gasteiger partial charge in [0.25, 0.3) is 5.91 Å². The van der Waals surface area contributed by atoms with E-state index in [1.165, 1.54) is 17.8 Å². The van der Waals surface area contributed by atoms with Crippen molar-refractivity contribution in [3.8, 4) is 0 Å². The van der Waals surface area contributed by atoms with Crippen molar-refractivity contribution >= 4 is 40.2 Å². The molecule has 0 radical (unpaired) electrons. The van der Waals surface area contributed by atoms with Crippen LogP contribution in [0.15, 0.2) is 17.5 Å². The van der Waals surface area contributed by atoms with Gasteiger partial charge in [0.2, 0.25) is 5.95 Å². The quantitative estimate of drug-likeness (QED) is 0.413. The predicted octanol–water partition coefficient (Wildman–Crippen LogP) is 3.73. The second kappa shape index (κ2) is 10.2. The van der Waals surface area contributed by atoms with E-state index in [4.69, 9.17) is 9.90 Å². The normalized spacial score (nSPS) is 16.2. The van der Waals surface area contributed by atoms with E-state index >= 15 is 0 Å². The minimum absolute atomic E-state index is 0.126. The molecule has 0 spiro atoms. The summed E-state index contributed by atoms with van der Waals surface area (Å²) in [5.41, 5.74) is 0.859. The average Bonchev–Trinajstić information content (AvgIpc) is 3.35. The van der Waals surface area contributed by atoms with Crippen LogP contribution in [0.25, 0.3) is 11.0 Å². The molecule has 14 heteroatoms. The number of aromatic amines is 1. The lowest BCUT2D eigenvalue weighted by Gasteiger charge is -2.21. The number of amides is 1. The number of carbonyl (C=O) groups is 2. The third kappa shape index (κ3) is 6.68. The van der Waals surface area contributed by atoms with Crippen molar-refractivity contribution in [2.24, 2.45) is 5.92 Å². The fraction of sp³-hybridized carbons (Fsp3) is 0.368. The van der Waals surface area contributed by atoms with Crippen LogP contribution in [0.1, 0.15) is 28.3 Å². The maximum Gasteiger partial charge on any atom is 0.490 e. The third-order valence-corrected chi connectivity index (χ3v) is 5.52. The number of alkyl halides is 3. The average molecular weight is 491 g/mol. The Labute approximate surface area is 187 Å². The summed E-state index contributed by atoms with van der Waals surface area (Å²) in [5.74, 6) is -4.45. The van der Waals surface area contributed by atoms with E-state index < -0.39 is 29.7 Å². The van der Waals surface area contributed by atoms with Crippen LogP contribution in [-0.2, 0) is 11.2 Å². The minimum Gasteiger partial charge on any atom is -0.475 e. The largest absolute Gasteiger partial charge is 0.490 e. The Morgan fingerprint density at radius 3 is 2.55 bits per heavy atom. The summed E-state index contributed by atoms with van der Waals surface area (Å²) < 4.78 is 58.2. The highest BCUT2D eigenvalue weighted by molar-refractivity contribution is 7.09. The molecule has 4 rings (SSSR count). The van der Waals surface area contributed by atoms with Gasteiger partial charge in [-0.05, 0) is 31.8 Å². The number of hydrogen-bond donors (Lipinski definition) is 4. The lowest BCUT2D eigenvalue weighted by Crippen LogP contribution is -2.30. The van der Waals surface area contributed by atoms with Crippen LogP contribution >= 0.6 is 11.3 Å². The van der Waals surface area contributed by atoms with Gasteiger partial charge in [0.1, 0.15) is 5.69 Å². The molecule has 2 aromatic heterocycles. The first-order valence-corrected chi connectivity index (χ1v) is 10.5. The van der Waals surface area contributed by atoms with E-state index in [-0.39, 0.29) is 11.5 Å². The number of carbonyl (C=O) groups excluding carboxylic acids is 1. The molecule has 4 N–H and O–H groups in total. The third-order valence-electron chi connectivity index (χ3n) is 4.64. The van der Waals surface area contributed by atoms with Crippen LogP contribution in [0.3, 0.4) is 0 Å². The first-order valence-electron chi connectivity index (χ1n) is 9.64. The standard InChI is InChI=1S/C17H17F2N5OS.C2HF3O2/c18-10-5-12-13(6-11(10)19)23-17(22-12)24-16(25)14-8-26-15(21-14)4-9-2-1-3-20-7-9;3-2(4,5)1(6)7/h5-6,8-9,20H,1-4,7H2,(H2,22,23,24,25);(H,6,7). The first-order chi connectivity index (χ1) is 15.5. The molecule has 1 fully saturated rings. The van der Waals surface area contributed by atoms with Crippen LogP contribution in [0, 0.1) is 17.6 Å². The van der Waals surface area contributed by atoms with E-state index in [1.807, 2.05) is 0 Å². The number of aromatic nitrogens is 3. The van der Waals surface area contributed by atoms with Gasteiger partial charge in [-0.25, -0.2) is 23.5 Å². The number of nitrogens with zero attached hydrogens (tertiary/aromatic N) is 2. The van der Waals surface area contributed by atoms with Crippen LogP contribution in [-0.4, -0.2) is 51.2 Å². The summed E-state index contributed by atoms with van der Waals surface area (Å²) in [5, 5.41) is 15.7. The number of benzene rings is 1. The summed E-state index contributed by atoms with van der Waals surface area (Å²) >= 11 is 1.46. The highest BCUT2D eigenvalue weighted by Gasteiger charge is 2.38. The predicted molar refractivity (Wildman–Crippen MR) is 109 cm³/mol. The van der Waals surface area contributed by atoms with E-state index in [0.717, 1.165) is 43.1 Å². The number of hydrogen-bond acceptors (Lipinski definition) is 6. The second-order valence-electron chi connectivity index (χ2n) is 7.17. The van der Waals surface area contributed by atoms with Crippen LogP contribution in [0.5, 0.6) is 0 Å². The number of imidazole rings is 1. The highest BCUT2D eigenvalue weighted by atomic mass is 32.1. The van der Waals surface area contributed by atoms with Gasteiger partial charge in [0, 0.05) is 23.9 Å². The topological polar surface area (TPSA) is 120 Å². The summed E-state index contributed by atoms with van der Waals surface area (Å²) in [6, 6.07) is 1.99. The molecule has 33 heavy (non-hydrogen) atoms. The number of rotatable bonds is 4. The van der Waals surface area contributed by atoms with Gasteiger partial charge in [-0.15, -0.1) is 11.3 Å². The minimum atomic E-state index is -5.08. The molecule has 1 aliphatic rings. The molecular formula is C19H18F5N5O3S. The van der Waals surface area contributed by atoms with Gasteiger partial charge < -0.3 is 15.4 Å². The highest BCUT2D eigenvalue weighted by Crippen LogP contribution is 2.21. The zero-order valence-electron chi connectivity index (χ0n) is 16.8. The first kappa shape index (κ1) is 24.5. The molecule has 0 saturated carbocycles. The molecule has 1 unspecified atom stereocenters. The number of halogens is 5. The van der Waals surface area contributed by atoms with Crippen molar-refractivity contribution in [2.45, 2.75) is 25.4 Å². The van der Waals surface area contributed by atoms with Gasteiger partial charge in [-0.3, -0.25) is 10.1 Å². The van der Waals surface area contributed by atoms with E-state index in [0.29, 0.717) is 17.1 Å². The van der Waals surface area contributed by atoms with Gasteiger partial charge in [0.05, 0.1) is 16.0 Å². The number of fused-ring (bicyclic) bond motifs is 1. The molecule has 0 bridgehead atoms. The molecule has 1 saturated heterocycles. The summed E-state index contributed by atoms with van der Waals surface area (Å²) in [4.78, 5) is 32.4. The van der Waals surface area contributed by atoms with Crippen molar-refractivity contribution in [2.75, 3.05) is 18.4 Å². The fourth-order valence-corrected chi connectivity index (χ4v) is 3.98. The summed E-state index contributed by atoms with van der Waals surface area (Å²) in [6.07, 6.45) is -1.90. The molecule has 1 atom stereocenters. The monoisotopic (exact) mass is 491 g/mol. The molecular weight excluding hydrogens is 473 g/mol. The number of carboxylic acids is 1. The van der Waals surface area contributed by atoms with Crippen molar-refractivity contribution in [3.05, 3.63) is 39.8 Å². The lowest BCUT2D eigenvalue weighted by molar-refractivity contribution is -0.192. The number of aliphatic carboxylic acids is 1. The molecule has 8 nitrogen and oxygen atoms in total. The molecule has 1 amide bonds. The summed E-state index contributed by atoms with van der Waals surface area (Å²) in [6.45, 7) is 2.04. The SMILES string of the molecule is O=C(Nc1nc2cc(F)c(F)cc2[nH]1)c1csc(CC2CCCNC2)n1.O=C(O)C(F)(F)F. The van der Waals surface area contributed by atoms with Crippen molar-refractivity contribution < 1.29 is 36.6 Å². The summed E-state index contributed by atoms with van der Waals surface area (Å²) in [7, 11) is 0. The van der Waals surface area contributed by atoms with E-state index in [9.17, 15) is 26.7 Å². The smallest absolute Gasteiger partial charge is 0.475 e. The maximum atomic E-state index is 13.3. The van der Waals surface area contributed by atoms with Gasteiger partial charge >= 0.3 is 12.1 Å². The number of piperidine rings is 1. The maximum absolute atomic E-state index is 13.3. The van der Waals surface area contributed by atoms with Gasteiger partial charge in [-0.1, -0.05) is 0 Å². The molecule has 1 aliphatic heterocycles. The Bertz CT molecular complexity index is 1100. The van der Waals surface area contributed by atoms with Gasteiger partial charge in [0.15, 0.2) is 11.6 Å². The Morgan fingerprint density at radius 1 is 1.21 bits per heavy atom. The zero-order chi connectivity index (χ0) is 24.2. The Hall–Kier alpha value is -3.13. The lowest BCUT2D eigenvalue weighted by atomic mass is 9.97. The molecule has 1 aromatic carbocycles. The molecule has 3 aromatic rings. The number of carboxylic acid groups (broad SMARTS) is 1. The van der Waals surface area contributed by atoms with E-state index in [1.54, 1.807) is 5.38 Å². The molecule has 3 heterocycles. The molecule has 178 valence electrons. The van der Waals surface area contributed by atoms with Crippen LogP contribution in [0.2, 0.25) is 0 Å². The van der Waals surface area contributed by atoms with Gasteiger partial charge in [-0.2, -0.15) is 13.2 Å². The fourth-order valence-electron chi connectivity index (χ4n) is 3.09.